The summed E-state index contributed by atoms with van der Waals surface area (Å²) >= 11 is 5.36. The monoisotopic (exact) mass is 313 g/mol. The van der Waals surface area contributed by atoms with Crippen molar-refractivity contribution in [2.75, 3.05) is 7.05 Å². The molecule has 17 heavy (non-hydrogen) atoms. The van der Waals surface area contributed by atoms with Crippen molar-refractivity contribution in [1.29, 1.82) is 0 Å². The number of nitrogens with zero attached hydrogens (tertiary/aromatic N) is 2. The van der Waals surface area contributed by atoms with Crippen LogP contribution in [0.25, 0.3) is 0 Å². The molecule has 0 radical (unpaired) electrons. The van der Waals surface area contributed by atoms with Gasteiger partial charge in [-0.1, -0.05) is 6.92 Å². The first-order valence-corrected chi connectivity index (χ1v) is 7.27. The van der Waals surface area contributed by atoms with Crippen molar-refractivity contribution >= 4 is 27.3 Å². The lowest BCUT2D eigenvalue weighted by atomic mass is 10.1. The minimum absolute atomic E-state index is 0.216. The van der Waals surface area contributed by atoms with Crippen molar-refractivity contribution in [3.05, 3.63) is 38.3 Å². The molecule has 92 valence electrons. The molecular weight excluding hydrogens is 298 g/mol. The van der Waals surface area contributed by atoms with Gasteiger partial charge in [-0.2, -0.15) is 5.10 Å². The van der Waals surface area contributed by atoms with E-state index in [1.54, 1.807) is 11.3 Å². The summed E-state index contributed by atoms with van der Waals surface area (Å²) < 4.78 is 3.05. The van der Waals surface area contributed by atoms with E-state index in [4.69, 9.17) is 0 Å². The highest BCUT2D eigenvalue weighted by atomic mass is 79.9. The van der Waals surface area contributed by atoms with E-state index < -0.39 is 0 Å². The van der Waals surface area contributed by atoms with Crippen LogP contribution in [0.2, 0.25) is 0 Å². The first-order chi connectivity index (χ1) is 8.17. The van der Waals surface area contributed by atoms with Crippen molar-refractivity contribution in [2.45, 2.75) is 19.4 Å². The summed E-state index contributed by atoms with van der Waals surface area (Å²) in [5.74, 6) is 0. The van der Waals surface area contributed by atoms with E-state index in [9.17, 15) is 0 Å². The molecule has 0 saturated carbocycles. The third kappa shape index (κ3) is 2.46. The molecule has 1 N–H and O–H groups in total. The van der Waals surface area contributed by atoms with Crippen LogP contribution in [0.15, 0.2) is 22.1 Å². The molecular formula is C12H16BrN3S. The second kappa shape index (κ2) is 5.33. The van der Waals surface area contributed by atoms with Crippen molar-refractivity contribution in [1.82, 2.24) is 15.1 Å². The van der Waals surface area contributed by atoms with Gasteiger partial charge in [-0.15, -0.1) is 11.3 Å². The fourth-order valence-electron chi connectivity index (χ4n) is 2.01. The van der Waals surface area contributed by atoms with E-state index in [2.05, 4.69) is 50.9 Å². The lowest BCUT2D eigenvalue weighted by Gasteiger charge is -2.15. The SMILES string of the molecule is CCc1nn(C)cc1C(NC)c1sccc1Br. The van der Waals surface area contributed by atoms with Crippen LogP contribution in [0.3, 0.4) is 0 Å². The molecule has 5 heteroatoms. The van der Waals surface area contributed by atoms with Gasteiger partial charge in [-0.25, -0.2) is 0 Å². The fraction of sp³-hybridized carbons (Fsp3) is 0.417. The Morgan fingerprint density at radius 1 is 1.59 bits per heavy atom. The molecule has 2 heterocycles. The Morgan fingerprint density at radius 3 is 2.88 bits per heavy atom. The summed E-state index contributed by atoms with van der Waals surface area (Å²) in [4.78, 5) is 1.30. The first kappa shape index (κ1) is 12.8. The van der Waals surface area contributed by atoms with Gasteiger partial charge in [0.25, 0.3) is 0 Å². The number of hydrogen-bond donors (Lipinski definition) is 1. The van der Waals surface area contributed by atoms with Gasteiger partial charge in [-0.3, -0.25) is 4.68 Å². The Balaban J connectivity index is 2.45. The van der Waals surface area contributed by atoms with Gasteiger partial charge < -0.3 is 5.32 Å². The molecule has 0 fully saturated rings. The van der Waals surface area contributed by atoms with Crippen LogP contribution in [0.1, 0.15) is 29.1 Å². The summed E-state index contributed by atoms with van der Waals surface area (Å²) in [6.07, 6.45) is 3.06. The van der Waals surface area contributed by atoms with Gasteiger partial charge in [0.15, 0.2) is 0 Å². The van der Waals surface area contributed by atoms with Crippen molar-refractivity contribution in [3.8, 4) is 0 Å². The molecule has 0 bridgehead atoms. The van der Waals surface area contributed by atoms with Gasteiger partial charge in [0.05, 0.1) is 11.7 Å². The van der Waals surface area contributed by atoms with E-state index in [0.29, 0.717) is 0 Å². The number of aryl methyl sites for hydroxylation is 2. The van der Waals surface area contributed by atoms with E-state index in [-0.39, 0.29) is 6.04 Å². The van der Waals surface area contributed by atoms with Gasteiger partial charge in [0.2, 0.25) is 0 Å². The fourth-order valence-corrected chi connectivity index (χ4v) is 3.74. The predicted octanol–water partition coefficient (Wildman–Crippen LogP) is 3.12. The summed E-state index contributed by atoms with van der Waals surface area (Å²) in [6.45, 7) is 2.14. The molecule has 0 aliphatic carbocycles. The molecule has 1 unspecified atom stereocenters. The summed E-state index contributed by atoms with van der Waals surface area (Å²) in [6, 6.07) is 2.31. The number of halogens is 1. The number of rotatable bonds is 4. The smallest absolute Gasteiger partial charge is 0.0713 e. The Bertz CT molecular complexity index is 504. The average Bonchev–Trinajstić information content (AvgIpc) is 2.88. The summed E-state index contributed by atoms with van der Waals surface area (Å²) in [5.41, 5.74) is 2.42. The van der Waals surface area contributed by atoms with Crippen LogP contribution in [-0.2, 0) is 13.5 Å². The van der Waals surface area contributed by atoms with Crippen molar-refractivity contribution in [3.63, 3.8) is 0 Å². The van der Waals surface area contributed by atoms with E-state index >= 15 is 0 Å². The maximum Gasteiger partial charge on any atom is 0.0713 e. The second-order valence-electron chi connectivity index (χ2n) is 3.91. The van der Waals surface area contributed by atoms with E-state index in [1.165, 1.54) is 10.4 Å². The molecule has 1 atom stereocenters. The molecule has 2 rings (SSSR count). The third-order valence-electron chi connectivity index (χ3n) is 2.78. The molecule has 0 aromatic carbocycles. The van der Waals surface area contributed by atoms with Gasteiger partial charge in [-0.05, 0) is 40.8 Å². The van der Waals surface area contributed by atoms with Gasteiger partial charge in [0, 0.05) is 28.2 Å². The van der Waals surface area contributed by atoms with Crippen LogP contribution in [0.4, 0.5) is 0 Å². The molecule has 3 nitrogen and oxygen atoms in total. The average molecular weight is 314 g/mol. The number of aromatic nitrogens is 2. The summed E-state index contributed by atoms with van der Waals surface area (Å²) in [7, 11) is 3.96. The van der Waals surface area contributed by atoms with E-state index in [0.717, 1.165) is 16.6 Å². The van der Waals surface area contributed by atoms with Crippen molar-refractivity contribution in [2.24, 2.45) is 7.05 Å². The van der Waals surface area contributed by atoms with Crippen molar-refractivity contribution < 1.29 is 0 Å². The summed E-state index contributed by atoms with van der Waals surface area (Å²) in [5, 5.41) is 9.98. The maximum absolute atomic E-state index is 4.50. The van der Waals surface area contributed by atoms with Crippen LogP contribution in [0.5, 0.6) is 0 Å². The van der Waals surface area contributed by atoms with Gasteiger partial charge >= 0.3 is 0 Å². The lowest BCUT2D eigenvalue weighted by molar-refractivity contribution is 0.693. The van der Waals surface area contributed by atoms with Crippen LogP contribution >= 0.6 is 27.3 Å². The van der Waals surface area contributed by atoms with Crippen LogP contribution < -0.4 is 5.32 Å². The van der Waals surface area contributed by atoms with Gasteiger partial charge in [0.1, 0.15) is 0 Å². The third-order valence-corrected chi connectivity index (χ3v) is 4.71. The molecule has 0 aliphatic rings. The highest BCUT2D eigenvalue weighted by Crippen LogP contribution is 2.34. The zero-order valence-corrected chi connectivity index (χ0v) is 12.6. The quantitative estimate of drug-likeness (QED) is 0.940. The Labute approximate surface area is 114 Å². The topological polar surface area (TPSA) is 29.9 Å². The molecule has 0 amide bonds. The highest BCUT2D eigenvalue weighted by Gasteiger charge is 2.21. The standard InChI is InChI=1S/C12H16BrN3S/c1-4-10-8(7-16(3)15-10)11(14-2)12-9(13)5-6-17-12/h5-7,11,14H,4H2,1-3H3. The minimum atomic E-state index is 0.216. The van der Waals surface area contributed by atoms with Crippen LogP contribution in [-0.4, -0.2) is 16.8 Å². The zero-order chi connectivity index (χ0) is 12.4. The number of hydrogen-bond acceptors (Lipinski definition) is 3. The minimum Gasteiger partial charge on any atom is -0.309 e. The highest BCUT2D eigenvalue weighted by molar-refractivity contribution is 9.10. The van der Waals surface area contributed by atoms with E-state index in [1.807, 2.05) is 18.8 Å². The molecule has 0 saturated heterocycles. The molecule has 2 aromatic rings. The predicted molar refractivity (Wildman–Crippen MR) is 75.5 cm³/mol. The number of thiophene rings is 1. The Kier molecular flexibility index (Phi) is 4.01. The lowest BCUT2D eigenvalue weighted by Crippen LogP contribution is -2.17. The maximum atomic E-state index is 4.50. The molecule has 0 aliphatic heterocycles. The normalized spacial score (nSPS) is 12.9. The molecule has 0 spiro atoms. The zero-order valence-electron chi connectivity index (χ0n) is 10.2. The second-order valence-corrected chi connectivity index (χ2v) is 5.71. The Morgan fingerprint density at radius 2 is 2.35 bits per heavy atom. The van der Waals surface area contributed by atoms with Crippen LogP contribution in [0, 0.1) is 0 Å². The largest absolute Gasteiger partial charge is 0.309 e. The Hall–Kier alpha value is -0.650. The first-order valence-electron chi connectivity index (χ1n) is 5.60. The number of nitrogens with one attached hydrogen (secondary N) is 1. The molecule has 2 aromatic heterocycles.